The summed E-state index contributed by atoms with van der Waals surface area (Å²) in [4.78, 5) is 24.5. The third-order valence-electron chi connectivity index (χ3n) is 2.41. The molecule has 0 spiro atoms. The number of halogens is 1. The van der Waals surface area contributed by atoms with E-state index in [1.54, 1.807) is 29.2 Å². The molecule has 0 saturated heterocycles. The lowest BCUT2D eigenvalue weighted by Gasteiger charge is -2.26. The molecule has 1 rings (SSSR count). The summed E-state index contributed by atoms with van der Waals surface area (Å²) in [5.74, 6) is 0.0669. The average molecular weight is 285 g/mol. The number of amides is 2. The third-order valence-corrected chi connectivity index (χ3v) is 2.64. The minimum Gasteiger partial charge on any atom is -0.410 e. The molecule has 2 amide bonds. The fourth-order valence-corrected chi connectivity index (χ4v) is 1.78. The van der Waals surface area contributed by atoms with Gasteiger partial charge in [0.05, 0.1) is 0 Å². The van der Waals surface area contributed by atoms with Gasteiger partial charge in [-0.05, 0) is 26.0 Å². The zero-order chi connectivity index (χ0) is 14.4. The van der Waals surface area contributed by atoms with Gasteiger partial charge in [-0.2, -0.15) is 0 Å². The van der Waals surface area contributed by atoms with Gasteiger partial charge in [0.25, 0.3) is 0 Å². The van der Waals surface area contributed by atoms with Crippen LogP contribution in [0.25, 0.3) is 0 Å². The molecule has 5 nitrogen and oxygen atoms in total. The number of carbonyl (C=O) groups excluding carboxylic acids is 2. The number of ether oxygens (including phenoxy) is 1. The van der Waals surface area contributed by atoms with Gasteiger partial charge in [0.2, 0.25) is 5.91 Å². The van der Waals surface area contributed by atoms with Crippen LogP contribution in [0.4, 0.5) is 10.5 Å². The molecule has 0 fully saturated rings. The van der Waals surface area contributed by atoms with E-state index in [2.05, 4.69) is 5.32 Å². The van der Waals surface area contributed by atoms with Gasteiger partial charge in [0.15, 0.2) is 0 Å². The highest BCUT2D eigenvalue weighted by Crippen LogP contribution is 2.23. The predicted molar refractivity (Wildman–Crippen MR) is 74.9 cm³/mol. The van der Waals surface area contributed by atoms with Crippen molar-refractivity contribution in [3.8, 4) is 5.75 Å². The second-order valence-electron chi connectivity index (χ2n) is 4.13. The summed E-state index contributed by atoms with van der Waals surface area (Å²) in [5, 5.41) is 2.36. The summed E-state index contributed by atoms with van der Waals surface area (Å²) in [6.07, 6.45) is -0.558. The second-order valence-corrected chi connectivity index (χ2v) is 4.40. The molecule has 19 heavy (non-hydrogen) atoms. The normalized spacial score (nSPS) is 10.2. The highest BCUT2D eigenvalue weighted by atomic mass is 35.5. The molecule has 6 heteroatoms. The molecule has 1 N–H and O–H groups in total. The number of hydrogen-bond donors (Lipinski definition) is 1. The summed E-state index contributed by atoms with van der Waals surface area (Å²) in [7, 11) is 1.48. The molecule has 0 aromatic heterocycles. The van der Waals surface area contributed by atoms with Crippen molar-refractivity contribution in [2.45, 2.75) is 19.9 Å². The summed E-state index contributed by atoms with van der Waals surface area (Å²) in [5.41, 5.74) is 0.641. The fourth-order valence-electron chi connectivity index (χ4n) is 1.65. The molecular weight excluding hydrogens is 268 g/mol. The molecule has 1 aromatic carbocycles. The van der Waals surface area contributed by atoms with Crippen LogP contribution in [-0.2, 0) is 4.79 Å². The maximum atomic E-state index is 11.8. The van der Waals surface area contributed by atoms with Gasteiger partial charge in [-0.3, -0.25) is 4.79 Å². The minimum atomic E-state index is -0.558. The molecule has 0 atom stereocenters. The first-order chi connectivity index (χ1) is 8.99. The molecule has 1 aromatic rings. The van der Waals surface area contributed by atoms with Gasteiger partial charge in [0.1, 0.15) is 11.6 Å². The second kappa shape index (κ2) is 6.99. The lowest BCUT2D eigenvalue weighted by atomic mass is 10.2. The number of nitrogens with zero attached hydrogens (tertiary/aromatic N) is 1. The van der Waals surface area contributed by atoms with E-state index in [-0.39, 0.29) is 17.8 Å². The molecule has 0 unspecified atom stereocenters. The van der Waals surface area contributed by atoms with Gasteiger partial charge in [0, 0.05) is 24.8 Å². The van der Waals surface area contributed by atoms with Crippen molar-refractivity contribution in [1.82, 2.24) is 5.32 Å². The van der Waals surface area contributed by atoms with Crippen molar-refractivity contribution >= 4 is 29.3 Å². The number of hydrogen-bond acceptors (Lipinski definition) is 3. The number of carbonyl (C=O) groups is 2. The Morgan fingerprint density at radius 1 is 1.42 bits per heavy atom. The highest BCUT2D eigenvalue weighted by molar-refractivity contribution is 6.29. The number of rotatable bonds is 4. The summed E-state index contributed by atoms with van der Waals surface area (Å²) < 4.78 is 5.03. The van der Waals surface area contributed by atoms with Crippen molar-refractivity contribution in [1.29, 1.82) is 0 Å². The summed E-state index contributed by atoms with van der Waals surface area (Å²) >= 11 is 5.60. The number of alkyl halides is 1. The largest absolute Gasteiger partial charge is 0.412 e. The van der Waals surface area contributed by atoms with Crippen LogP contribution in [0.1, 0.15) is 13.8 Å². The Morgan fingerprint density at radius 3 is 2.63 bits per heavy atom. The number of nitrogens with one attached hydrogen (secondary N) is 1. The Morgan fingerprint density at radius 2 is 2.11 bits per heavy atom. The maximum Gasteiger partial charge on any atom is 0.412 e. The molecule has 0 heterocycles. The highest BCUT2D eigenvalue weighted by Gasteiger charge is 2.18. The molecule has 0 bridgehead atoms. The van der Waals surface area contributed by atoms with Gasteiger partial charge in [-0.25, -0.2) is 4.79 Å². The van der Waals surface area contributed by atoms with Gasteiger partial charge < -0.3 is 15.0 Å². The van der Waals surface area contributed by atoms with E-state index in [4.69, 9.17) is 16.3 Å². The van der Waals surface area contributed by atoms with Crippen LogP contribution in [0.15, 0.2) is 24.3 Å². The predicted octanol–water partition coefficient (Wildman–Crippen LogP) is 2.39. The van der Waals surface area contributed by atoms with Crippen LogP contribution in [0.3, 0.4) is 0 Å². The summed E-state index contributed by atoms with van der Waals surface area (Å²) in [6.45, 7) is 3.77. The van der Waals surface area contributed by atoms with Gasteiger partial charge in [-0.15, -0.1) is 11.6 Å². The Balaban J connectivity index is 3.01. The smallest absolute Gasteiger partial charge is 0.410 e. The lowest BCUT2D eigenvalue weighted by Crippen LogP contribution is -2.37. The molecule has 0 saturated carbocycles. The van der Waals surface area contributed by atoms with Crippen molar-refractivity contribution in [3.63, 3.8) is 0 Å². The summed E-state index contributed by atoms with van der Waals surface area (Å²) in [6, 6.07) is 6.70. The molecular formula is C13H17ClN2O3. The van der Waals surface area contributed by atoms with Gasteiger partial charge in [-0.1, -0.05) is 6.07 Å². The van der Waals surface area contributed by atoms with Crippen molar-refractivity contribution < 1.29 is 14.3 Å². The van der Waals surface area contributed by atoms with Crippen LogP contribution >= 0.6 is 11.6 Å². The van der Waals surface area contributed by atoms with E-state index in [0.717, 1.165) is 0 Å². The van der Waals surface area contributed by atoms with Crippen LogP contribution in [0.5, 0.6) is 5.75 Å². The molecule has 0 aliphatic heterocycles. The topological polar surface area (TPSA) is 58.6 Å². The fraction of sp³-hybridized carbons (Fsp3) is 0.385. The Labute approximate surface area is 117 Å². The van der Waals surface area contributed by atoms with E-state index in [1.165, 1.54) is 7.05 Å². The molecule has 104 valence electrons. The van der Waals surface area contributed by atoms with Crippen LogP contribution in [0, 0.1) is 0 Å². The third kappa shape index (κ3) is 4.13. The first kappa shape index (κ1) is 15.3. The SMILES string of the molecule is CNC(=O)Oc1cccc(N(C(=O)CCl)C(C)C)c1. The van der Waals surface area contributed by atoms with Crippen molar-refractivity contribution in [2.75, 3.05) is 17.8 Å². The average Bonchev–Trinajstić information content (AvgIpc) is 2.38. The van der Waals surface area contributed by atoms with Crippen molar-refractivity contribution in [2.24, 2.45) is 0 Å². The van der Waals surface area contributed by atoms with Gasteiger partial charge >= 0.3 is 6.09 Å². The molecule has 0 radical (unpaired) electrons. The standard InChI is InChI=1S/C13H17ClN2O3/c1-9(2)16(12(17)8-14)10-5-4-6-11(7-10)19-13(18)15-3/h4-7,9H,8H2,1-3H3,(H,15,18). The zero-order valence-electron chi connectivity index (χ0n) is 11.1. The number of anilines is 1. The number of benzene rings is 1. The van der Waals surface area contributed by atoms with E-state index < -0.39 is 6.09 Å². The Hall–Kier alpha value is -1.75. The first-order valence-corrected chi connectivity index (χ1v) is 6.40. The first-order valence-electron chi connectivity index (χ1n) is 5.87. The van der Waals surface area contributed by atoms with E-state index in [9.17, 15) is 9.59 Å². The molecule has 0 aliphatic rings. The van der Waals surface area contributed by atoms with E-state index >= 15 is 0 Å². The lowest BCUT2D eigenvalue weighted by molar-refractivity contribution is -0.116. The van der Waals surface area contributed by atoms with Crippen LogP contribution in [-0.4, -0.2) is 31.0 Å². The monoisotopic (exact) mass is 284 g/mol. The Bertz CT molecular complexity index is 463. The minimum absolute atomic E-state index is 0.0403. The van der Waals surface area contributed by atoms with Crippen LogP contribution < -0.4 is 15.0 Å². The van der Waals surface area contributed by atoms with Crippen molar-refractivity contribution in [3.05, 3.63) is 24.3 Å². The van der Waals surface area contributed by atoms with E-state index in [0.29, 0.717) is 11.4 Å². The zero-order valence-corrected chi connectivity index (χ0v) is 11.9. The van der Waals surface area contributed by atoms with Crippen LogP contribution in [0.2, 0.25) is 0 Å². The quantitative estimate of drug-likeness (QED) is 0.864. The Kier molecular flexibility index (Phi) is 5.63. The van der Waals surface area contributed by atoms with E-state index in [1.807, 2.05) is 13.8 Å². The molecule has 0 aliphatic carbocycles. The maximum absolute atomic E-state index is 11.8.